The molecule has 0 fully saturated rings. The molecule has 0 aliphatic rings. The second-order valence-corrected chi connectivity index (χ2v) is 6.59. The number of carbonyl (C=O) groups is 1. The Hall–Kier alpha value is -3.75. The van der Waals surface area contributed by atoms with Crippen LogP contribution in [-0.4, -0.2) is 35.0 Å². The van der Waals surface area contributed by atoms with Crippen LogP contribution in [0.25, 0.3) is 16.7 Å². The van der Waals surface area contributed by atoms with E-state index in [4.69, 9.17) is 0 Å². The molecule has 1 aromatic carbocycles. The van der Waals surface area contributed by atoms with Crippen molar-refractivity contribution in [2.24, 2.45) is 7.05 Å². The number of aryl methyl sites for hydroxylation is 3. The van der Waals surface area contributed by atoms with Crippen LogP contribution in [0.1, 0.15) is 11.4 Å². The van der Waals surface area contributed by atoms with Gasteiger partial charge in [-0.05, 0) is 32.0 Å². The number of hydrogen-bond acceptors (Lipinski definition) is 5. The normalized spacial score (nSPS) is 11.1. The van der Waals surface area contributed by atoms with Crippen molar-refractivity contribution in [3.05, 3.63) is 64.6 Å². The number of rotatable bonds is 4. The van der Waals surface area contributed by atoms with Crippen molar-refractivity contribution in [1.82, 2.24) is 29.1 Å². The molecule has 0 unspecified atom stereocenters. The Bertz CT molecular complexity index is 1250. The minimum absolute atomic E-state index is 0.151. The lowest BCUT2D eigenvalue weighted by Gasteiger charge is -2.13. The quantitative estimate of drug-likeness (QED) is 0.582. The fourth-order valence-corrected chi connectivity index (χ4v) is 3.16. The molecule has 0 aliphatic carbocycles. The first-order valence-electron chi connectivity index (χ1n) is 8.73. The summed E-state index contributed by atoms with van der Waals surface area (Å²) in [4.78, 5) is 29.4. The molecule has 0 saturated heterocycles. The van der Waals surface area contributed by atoms with E-state index >= 15 is 0 Å². The van der Waals surface area contributed by atoms with Crippen molar-refractivity contribution in [2.45, 2.75) is 20.4 Å². The lowest BCUT2D eigenvalue weighted by molar-refractivity contribution is -0.116. The molecule has 4 aromatic rings. The predicted molar refractivity (Wildman–Crippen MR) is 104 cm³/mol. The van der Waals surface area contributed by atoms with Crippen LogP contribution >= 0.6 is 0 Å². The van der Waals surface area contributed by atoms with Crippen LogP contribution < -0.4 is 10.9 Å². The Morgan fingerprint density at radius 3 is 2.75 bits per heavy atom. The molecule has 3 aromatic heterocycles. The average molecular weight is 377 g/mol. The summed E-state index contributed by atoms with van der Waals surface area (Å²) in [6.45, 7) is 3.72. The molecule has 0 atom stereocenters. The molecule has 0 radical (unpaired) electrons. The van der Waals surface area contributed by atoms with E-state index in [0.29, 0.717) is 16.7 Å². The Labute approximate surface area is 160 Å². The van der Waals surface area contributed by atoms with Crippen LogP contribution in [0.4, 0.5) is 5.69 Å². The van der Waals surface area contributed by atoms with Crippen molar-refractivity contribution >= 4 is 22.6 Å². The highest BCUT2D eigenvalue weighted by Gasteiger charge is 2.14. The molecule has 0 spiro atoms. The summed E-state index contributed by atoms with van der Waals surface area (Å²) in [6.07, 6.45) is 2.82. The summed E-state index contributed by atoms with van der Waals surface area (Å²) in [7, 11) is 1.71. The number of hydrogen-bond donors (Lipinski definition) is 1. The van der Waals surface area contributed by atoms with Crippen LogP contribution in [0.15, 0.2) is 47.7 Å². The summed E-state index contributed by atoms with van der Waals surface area (Å²) >= 11 is 0. The highest BCUT2D eigenvalue weighted by Crippen LogP contribution is 2.21. The molecule has 28 heavy (non-hydrogen) atoms. The van der Waals surface area contributed by atoms with Gasteiger partial charge in [0.2, 0.25) is 5.91 Å². The number of para-hydroxylation sites is 2. The lowest BCUT2D eigenvalue weighted by atomic mass is 10.2. The van der Waals surface area contributed by atoms with Crippen LogP contribution in [0.3, 0.4) is 0 Å². The van der Waals surface area contributed by atoms with Gasteiger partial charge in [-0.1, -0.05) is 12.1 Å². The summed E-state index contributed by atoms with van der Waals surface area (Å²) < 4.78 is 4.57. The maximum atomic E-state index is 12.6. The number of fused-ring (bicyclic) bond motifs is 1. The molecule has 1 N–H and O–H groups in total. The monoisotopic (exact) mass is 377 g/mol. The average Bonchev–Trinajstić information content (AvgIpc) is 3.20. The molecule has 0 bridgehead atoms. The van der Waals surface area contributed by atoms with Gasteiger partial charge < -0.3 is 5.32 Å². The van der Waals surface area contributed by atoms with E-state index in [0.717, 1.165) is 17.1 Å². The van der Waals surface area contributed by atoms with Crippen molar-refractivity contribution in [3.8, 4) is 5.69 Å². The van der Waals surface area contributed by atoms with E-state index in [9.17, 15) is 9.59 Å². The zero-order valence-corrected chi connectivity index (χ0v) is 15.7. The number of aromatic nitrogens is 6. The number of nitrogens with one attached hydrogen (secondary N) is 1. The van der Waals surface area contributed by atoms with Crippen LogP contribution in [0, 0.1) is 13.8 Å². The molecule has 9 nitrogen and oxygen atoms in total. The van der Waals surface area contributed by atoms with Gasteiger partial charge in [0, 0.05) is 12.7 Å². The van der Waals surface area contributed by atoms with Gasteiger partial charge in [0.1, 0.15) is 18.3 Å². The van der Waals surface area contributed by atoms with E-state index in [1.165, 1.54) is 21.8 Å². The van der Waals surface area contributed by atoms with Crippen molar-refractivity contribution in [1.29, 1.82) is 0 Å². The molecule has 9 heteroatoms. The molecule has 4 rings (SSSR count). The van der Waals surface area contributed by atoms with E-state index < -0.39 is 0 Å². The van der Waals surface area contributed by atoms with Crippen molar-refractivity contribution in [3.63, 3.8) is 0 Å². The standard InChI is InChI=1S/C19H19N7O2/c1-12-8-13(2)26(23-12)16-7-5-4-6-15(16)22-17(27)10-25-11-20-18-14(19(25)28)9-21-24(18)3/h4-9,11H,10H2,1-3H3,(H,22,27). The smallest absolute Gasteiger partial charge is 0.264 e. The number of benzene rings is 1. The highest BCUT2D eigenvalue weighted by atomic mass is 16.2. The third-order valence-corrected chi connectivity index (χ3v) is 4.45. The maximum absolute atomic E-state index is 12.6. The zero-order valence-electron chi connectivity index (χ0n) is 15.7. The van der Waals surface area contributed by atoms with E-state index in [1.807, 2.05) is 38.1 Å². The Kier molecular flexibility index (Phi) is 4.26. The SMILES string of the molecule is Cc1cc(C)n(-c2ccccc2NC(=O)Cn2cnc3c(cnn3C)c2=O)n1. The minimum Gasteiger partial charge on any atom is -0.323 e. The van der Waals surface area contributed by atoms with Gasteiger partial charge in [0.05, 0.1) is 23.3 Å². The Balaban J connectivity index is 1.61. The third kappa shape index (κ3) is 3.07. The zero-order chi connectivity index (χ0) is 19.8. The first-order chi connectivity index (χ1) is 13.4. The predicted octanol–water partition coefficient (Wildman–Crippen LogP) is 1.57. The topological polar surface area (TPSA) is 99.6 Å². The van der Waals surface area contributed by atoms with Gasteiger partial charge in [-0.25, -0.2) is 9.67 Å². The Morgan fingerprint density at radius 2 is 2.00 bits per heavy atom. The molecule has 0 saturated carbocycles. The number of carbonyl (C=O) groups excluding carboxylic acids is 1. The number of nitrogens with zero attached hydrogens (tertiary/aromatic N) is 6. The second-order valence-electron chi connectivity index (χ2n) is 6.59. The summed E-state index contributed by atoms with van der Waals surface area (Å²) in [6, 6.07) is 9.36. The maximum Gasteiger partial charge on any atom is 0.264 e. The van der Waals surface area contributed by atoms with Gasteiger partial charge in [0.15, 0.2) is 5.65 Å². The summed E-state index contributed by atoms with van der Waals surface area (Å²) in [5.74, 6) is -0.332. The largest absolute Gasteiger partial charge is 0.323 e. The second kappa shape index (κ2) is 6.76. The van der Waals surface area contributed by atoms with Gasteiger partial charge in [-0.15, -0.1) is 0 Å². The summed E-state index contributed by atoms with van der Waals surface area (Å²) in [5.41, 5.74) is 3.40. The highest BCUT2D eigenvalue weighted by molar-refractivity contribution is 5.92. The first-order valence-corrected chi connectivity index (χ1v) is 8.73. The van der Waals surface area contributed by atoms with E-state index in [1.54, 1.807) is 17.8 Å². The van der Waals surface area contributed by atoms with E-state index in [2.05, 4.69) is 20.5 Å². The van der Waals surface area contributed by atoms with Gasteiger partial charge in [-0.3, -0.25) is 18.8 Å². The van der Waals surface area contributed by atoms with Gasteiger partial charge in [-0.2, -0.15) is 10.2 Å². The molecule has 3 heterocycles. The molecule has 142 valence electrons. The van der Waals surface area contributed by atoms with Gasteiger partial charge >= 0.3 is 0 Å². The first kappa shape index (κ1) is 17.7. The lowest BCUT2D eigenvalue weighted by Crippen LogP contribution is -2.28. The van der Waals surface area contributed by atoms with Gasteiger partial charge in [0.25, 0.3) is 5.56 Å². The molecular weight excluding hydrogens is 358 g/mol. The van der Waals surface area contributed by atoms with Crippen molar-refractivity contribution in [2.75, 3.05) is 5.32 Å². The minimum atomic E-state index is -0.332. The van der Waals surface area contributed by atoms with Crippen LogP contribution in [0.2, 0.25) is 0 Å². The molecular formula is C19H19N7O2. The summed E-state index contributed by atoms with van der Waals surface area (Å²) in [5, 5.41) is 11.7. The van der Waals surface area contributed by atoms with Crippen molar-refractivity contribution < 1.29 is 4.79 Å². The molecule has 0 aliphatic heterocycles. The number of amides is 1. The third-order valence-electron chi connectivity index (χ3n) is 4.45. The number of anilines is 1. The Morgan fingerprint density at radius 1 is 1.21 bits per heavy atom. The fourth-order valence-electron chi connectivity index (χ4n) is 3.16. The van der Waals surface area contributed by atoms with Crippen LogP contribution in [0.5, 0.6) is 0 Å². The van der Waals surface area contributed by atoms with Crippen LogP contribution in [-0.2, 0) is 18.4 Å². The fraction of sp³-hybridized carbons (Fsp3) is 0.211. The van der Waals surface area contributed by atoms with E-state index in [-0.39, 0.29) is 18.0 Å². The molecule has 1 amide bonds.